The maximum absolute atomic E-state index is 15.4. The topological polar surface area (TPSA) is 143 Å². The molecule has 58 heavy (non-hydrogen) atoms. The third kappa shape index (κ3) is 8.57. The van der Waals surface area contributed by atoms with E-state index < -0.39 is 27.8 Å². The van der Waals surface area contributed by atoms with Crippen LogP contribution < -0.4 is 9.47 Å². The molecule has 0 bridgehead atoms. The number of ether oxygens (including phenoxy) is 3. The van der Waals surface area contributed by atoms with E-state index >= 15 is 8.42 Å². The van der Waals surface area contributed by atoms with Gasteiger partial charge in [-0.2, -0.15) is 4.31 Å². The van der Waals surface area contributed by atoms with E-state index in [1.54, 1.807) is 34.8 Å². The Morgan fingerprint density at radius 3 is 2.60 bits per heavy atom. The van der Waals surface area contributed by atoms with Gasteiger partial charge in [0.1, 0.15) is 29.6 Å². The number of oxime groups is 1. The fourth-order valence-corrected chi connectivity index (χ4v) is 11.4. The Kier molecular flexibility index (Phi) is 13.9. The molecule has 1 aromatic heterocycles. The van der Waals surface area contributed by atoms with E-state index in [0.717, 1.165) is 67.6 Å². The van der Waals surface area contributed by atoms with Crippen LogP contribution in [0.5, 0.6) is 11.5 Å². The number of hydrogen-bond donors (Lipinski definition) is 2. The molecule has 314 valence electrons. The summed E-state index contributed by atoms with van der Waals surface area (Å²) in [6.07, 6.45) is 11.0. The monoisotopic (exact) mass is 816 g/mol. The van der Waals surface area contributed by atoms with Gasteiger partial charge in [0.2, 0.25) is 15.8 Å². The zero-order chi connectivity index (χ0) is 40.7. The summed E-state index contributed by atoms with van der Waals surface area (Å²) in [5.41, 5.74) is 2.99. The Bertz CT molecular complexity index is 2050. The minimum absolute atomic E-state index is 0.0618. The van der Waals surface area contributed by atoms with Crippen molar-refractivity contribution >= 4 is 26.6 Å². The van der Waals surface area contributed by atoms with Gasteiger partial charge in [0.15, 0.2) is 0 Å². The van der Waals surface area contributed by atoms with Crippen LogP contribution in [0.15, 0.2) is 89.1 Å². The van der Waals surface area contributed by atoms with Crippen LogP contribution in [0.4, 0.5) is 0 Å². The van der Waals surface area contributed by atoms with Gasteiger partial charge >= 0.3 is 0 Å². The summed E-state index contributed by atoms with van der Waals surface area (Å²) >= 11 is 0. The van der Waals surface area contributed by atoms with Crippen LogP contribution in [0.1, 0.15) is 76.7 Å². The number of pyridine rings is 1. The average molecular weight is 817 g/mol. The van der Waals surface area contributed by atoms with E-state index in [-0.39, 0.29) is 55.4 Å². The quantitative estimate of drug-likeness (QED) is 0.0488. The Labute approximate surface area is 343 Å². The van der Waals surface area contributed by atoms with E-state index in [1.165, 1.54) is 0 Å². The molecule has 6 unspecified atom stereocenters. The number of sulfonamides is 1. The Morgan fingerprint density at radius 1 is 1.07 bits per heavy atom. The summed E-state index contributed by atoms with van der Waals surface area (Å²) < 4.78 is 53.1. The molecule has 0 radical (unpaired) electrons. The van der Waals surface area contributed by atoms with Crippen molar-refractivity contribution in [1.29, 1.82) is 0 Å². The number of rotatable bonds is 22. The molecule has 1 saturated carbocycles. The number of aromatic nitrogens is 1. The number of para-hydroxylation sites is 1. The summed E-state index contributed by atoms with van der Waals surface area (Å²) in [4.78, 5) is 12.9. The lowest BCUT2D eigenvalue weighted by molar-refractivity contribution is -0.251. The molecule has 13 heteroatoms. The van der Waals surface area contributed by atoms with Crippen molar-refractivity contribution in [2.24, 2.45) is 22.9 Å². The maximum atomic E-state index is 15.4. The van der Waals surface area contributed by atoms with Crippen LogP contribution >= 0.6 is 0 Å². The Hall–Kier alpha value is -3.85. The van der Waals surface area contributed by atoms with Crippen LogP contribution in [-0.2, 0) is 19.6 Å². The van der Waals surface area contributed by atoms with E-state index in [0.29, 0.717) is 49.5 Å². The standard InChI is InChI=1S/C45H60N4O8S/c1-4-21-49(58(52,53)40-17-11-14-32-15-12-20-46-44(32)40)41-31-38(47-56-6-3)36-29-33(13-7-9-25-50)35(16-8-10-26-51)42-37-30-34(54-28-24-48-22-23-48)18-19-39(37)57-45(41,43(36)42)55-27-5-2/h5,11-12,14-15,17-20,29-30,33,35,41-43,50-51H,2,4,6-10,13,16,21-28,31H2,1,3H3. The summed E-state index contributed by atoms with van der Waals surface area (Å²) in [5, 5.41) is 25.3. The normalized spacial score (nSPS) is 25.8. The molecular formula is C45H60N4O8S. The van der Waals surface area contributed by atoms with E-state index in [4.69, 9.17) is 24.2 Å². The van der Waals surface area contributed by atoms with Crippen molar-refractivity contribution in [2.45, 2.75) is 87.9 Å². The summed E-state index contributed by atoms with van der Waals surface area (Å²) in [7, 11) is -4.23. The fourth-order valence-electron chi connectivity index (χ4n) is 9.52. The van der Waals surface area contributed by atoms with Gasteiger partial charge in [-0.1, -0.05) is 55.3 Å². The highest BCUT2D eigenvalue weighted by molar-refractivity contribution is 7.89. The smallest absolute Gasteiger partial charge is 0.245 e. The molecule has 3 heterocycles. The largest absolute Gasteiger partial charge is 0.492 e. The number of fused-ring (bicyclic) bond motifs is 3. The molecule has 12 nitrogen and oxygen atoms in total. The number of nitrogens with zero attached hydrogens (tertiary/aromatic N) is 4. The maximum Gasteiger partial charge on any atom is 0.245 e. The molecule has 4 aliphatic rings. The average Bonchev–Trinajstić information content (AvgIpc) is 4.07. The van der Waals surface area contributed by atoms with Gasteiger partial charge in [-0.15, -0.1) is 6.58 Å². The van der Waals surface area contributed by atoms with E-state index in [9.17, 15) is 10.2 Å². The number of hydrogen-bond acceptors (Lipinski definition) is 11. The molecule has 6 atom stereocenters. The van der Waals surface area contributed by atoms with Gasteiger partial charge < -0.3 is 29.3 Å². The second-order valence-electron chi connectivity index (χ2n) is 15.8. The second-order valence-corrected chi connectivity index (χ2v) is 17.7. The van der Waals surface area contributed by atoms with Crippen LogP contribution in [-0.4, -0.2) is 110 Å². The first-order chi connectivity index (χ1) is 28.3. The van der Waals surface area contributed by atoms with Crippen molar-refractivity contribution in [2.75, 3.05) is 59.2 Å². The lowest BCUT2D eigenvalue weighted by Gasteiger charge is -2.59. The third-order valence-electron chi connectivity index (χ3n) is 12.1. The molecule has 2 N–H and O–H groups in total. The first-order valence-electron chi connectivity index (χ1n) is 21.2. The van der Waals surface area contributed by atoms with Crippen molar-refractivity contribution in [3.8, 4) is 11.5 Å². The lowest BCUT2D eigenvalue weighted by Crippen LogP contribution is -2.70. The summed E-state index contributed by atoms with van der Waals surface area (Å²) in [5.74, 6) is -0.678. The molecule has 2 fully saturated rings. The number of unbranched alkanes of at least 4 members (excludes halogenated alkanes) is 2. The Morgan fingerprint density at radius 2 is 1.86 bits per heavy atom. The van der Waals surface area contributed by atoms with Gasteiger partial charge in [0.05, 0.1) is 29.8 Å². The molecule has 0 amide bonds. The molecule has 0 spiro atoms. The second kappa shape index (κ2) is 19.0. The number of aliphatic hydroxyl groups is 2. The first-order valence-corrected chi connectivity index (χ1v) is 22.7. The SMILES string of the molecule is C=CCOC12Oc3ccc(OCCN4CC4)cc3C3C(CCCCO)C(CCCCO)C=C(C(=NOCC)CC1N(CCC)S(=O)(=O)c1cccc4cccnc14)C32. The van der Waals surface area contributed by atoms with Crippen LogP contribution in [0, 0.1) is 17.8 Å². The highest BCUT2D eigenvalue weighted by Crippen LogP contribution is 2.62. The number of aliphatic hydroxyl groups excluding tert-OH is 2. The highest BCUT2D eigenvalue weighted by atomic mass is 32.2. The third-order valence-corrected chi connectivity index (χ3v) is 14.1. The summed E-state index contributed by atoms with van der Waals surface area (Å²) in [6, 6.07) is 14.1. The zero-order valence-electron chi connectivity index (χ0n) is 34.0. The van der Waals surface area contributed by atoms with Gasteiger partial charge in [0, 0.05) is 68.9 Å². The van der Waals surface area contributed by atoms with Crippen molar-refractivity contribution < 1.29 is 37.7 Å². The predicted molar refractivity (Wildman–Crippen MR) is 224 cm³/mol. The Balaban J connectivity index is 1.45. The van der Waals surface area contributed by atoms with Crippen molar-refractivity contribution in [1.82, 2.24) is 14.2 Å². The van der Waals surface area contributed by atoms with Gasteiger partial charge in [-0.3, -0.25) is 9.88 Å². The number of allylic oxidation sites excluding steroid dienone is 1. The minimum Gasteiger partial charge on any atom is -0.492 e. The minimum atomic E-state index is -4.23. The van der Waals surface area contributed by atoms with Crippen molar-refractivity contribution in [3.05, 3.63) is 84.6 Å². The molecule has 2 aliphatic heterocycles. The zero-order valence-corrected chi connectivity index (χ0v) is 34.8. The molecular weight excluding hydrogens is 757 g/mol. The van der Waals surface area contributed by atoms with Gasteiger partial charge in [-0.05, 0) is 86.8 Å². The molecule has 2 aliphatic carbocycles. The molecule has 3 aromatic rings. The molecule has 1 saturated heterocycles. The first kappa shape index (κ1) is 42.3. The summed E-state index contributed by atoms with van der Waals surface area (Å²) in [6.45, 7) is 12.3. The van der Waals surface area contributed by atoms with Crippen LogP contribution in [0.3, 0.4) is 0 Å². The van der Waals surface area contributed by atoms with Gasteiger partial charge in [-0.25, -0.2) is 8.42 Å². The molecule has 2 aromatic carbocycles. The number of benzene rings is 2. The van der Waals surface area contributed by atoms with Crippen LogP contribution in [0.25, 0.3) is 10.9 Å². The fraction of sp³-hybridized carbons (Fsp3) is 0.556. The van der Waals surface area contributed by atoms with Crippen molar-refractivity contribution in [3.63, 3.8) is 0 Å². The van der Waals surface area contributed by atoms with E-state index in [2.05, 4.69) is 28.6 Å². The highest BCUT2D eigenvalue weighted by Gasteiger charge is 2.66. The van der Waals surface area contributed by atoms with Gasteiger partial charge in [0.25, 0.3) is 0 Å². The predicted octanol–water partition coefficient (Wildman–Crippen LogP) is 6.68. The lowest BCUT2D eigenvalue weighted by atomic mass is 9.55. The van der Waals surface area contributed by atoms with E-state index in [1.807, 2.05) is 38.1 Å². The molecule has 7 rings (SSSR count). The van der Waals surface area contributed by atoms with Crippen LogP contribution in [0.2, 0.25) is 0 Å².